The van der Waals surface area contributed by atoms with E-state index in [2.05, 4.69) is 165 Å². The zero-order chi connectivity index (χ0) is 34.8. The predicted octanol–water partition coefficient (Wildman–Crippen LogP) is 7.06. The zero-order valence-electron chi connectivity index (χ0n) is 32.3. The fourth-order valence-corrected chi connectivity index (χ4v) is 19.0. The summed E-state index contributed by atoms with van der Waals surface area (Å²) in [4.78, 5) is 0. The zero-order valence-corrected chi connectivity index (χ0v) is 36.2. The second kappa shape index (κ2) is 13.1. The molecule has 0 amide bonds. The Morgan fingerprint density at radius 1 is 0.725 bits per heavy atom. The van der Waals surface area contributed by atoms with Crippen molar-refractivity contribution in [1.29, 1.82) is 0 Å². The van der Waals surface area contributed by atoms with Crippen LogP contribution in [-0.2, 0) is 32.1 Å². The topological polar surface area (TPSA) is 0 Å². The van der Waals surface area contributed by atoms with E-state index in [4.69, 9.17) is 0 Å². The summed E-state index contributed by atoms with van der Waals surface area (Å²) >= 11 is -2.77. The molecule has 0 N–H and O–H groups in total. The second-order valence-electron chi connectivity index (χ2n) is 17.5. The molecular weight excluding hydrogens is 739 g/mol. The molecule has 0 aliphatic heterocycles. The van der Waals surface area contributed by atoms with Gasteiger partial charge in [-0.3, -0.25) is 0 Å². The van der Waals surface area contributed by atoms with Crippen LogP contribution < -0.4 is 24.8 Å². The van der Waals surface area contributed by atoms with E-state index < -0.39 is 21.3 Å². The van der Waals surface area contributed by atoms with E-state index in [1.54, 1.807) is 22.3 Å². The van der Waals surface area contributed by atoms with Gasteiger partial charge in [-0.1, -0.05) is 0 Å². The normalized spacial score (nSPS) is 19.5. The van der Waals surface area contributed by atoms with Gasteiger partial charge in [-0.15, -0.1) is 0 Å². The van der Waals surface area contributed by atoms with Crippen molar-refractivity contribution in [3.8, 4) is 11.1 Å². The summed E-state index contributed by atoms with van der Waals surface area (Å²) in [5, 5.41) is 2.73. The number of hydrogen-bond acceptors (Lipinski definition) is 0. The van der Waals surface area contributed by atoms with Crippen molar-refractivity contribution in [1.82, 2.24) is 0 Å². The molecule has 1 unspecified atom stereocenters. The maximum Gasteiger partial charge on any atom is -1.00 e. The summed E-state index contributed by atoms with van der Waals surface area (Å²) in [5.74, 6) is 0.460. The molecule has 0 saturated carbocycles. The monoisotopic (exact) mass is 788 g/mol. The van der Waals surface area contributed by atoms with Crippen LogP contribution in [0.1, 0.15) is 125 Å². The van der Waals surface area contributed by atoms with Crippen molar-refractivity contribution in [2.24, 2.45) is 11.3 Å². The molecule has 4 aromatic rings. The quantitative estimate of drug-likeness (QED) is 0.208. The molecule has 0 radical (unpaired) electrons. The maximum absolute atomic E-state index is 2.87. The van der Waals surface area contributed by atoms with Crippen LogP contribution in [0.4, 0.5) is 0 Å². The Labute approximate surface area is 327 Å². The van der Waals surface area contributed by atoms with Gasteiger partial charge in [-0.25, -0.2) is 0 Å². The molecule has 0 nitrogen and oxygen atoms in total. The van der Waals surface area contributed by atoms with E-state index in [1.165, 1.54) is 60.9 Å². The Bertz CT molecular complexity index is 2190. The van der Waals surface area contributed by atoms with Crippen LogP contribution in [0.15, 0.2) is 99.4 Å². The van der Waals surface area contributed by atoms with Gasteiger partial charge in [0.25, 0.3) is 0 Å². The number of fused-ring (bicyclic) bond motifs is 6. The van der Waals surface area contributed by atoms with Crippen LogP contribution >= 0.6 is 0 Å². The Morgan fingerprint density at radius 3 is 1.78 bits per heavy atom. The molecule has 262 valence electrons. The molecule has 0 bridgehead atoms. The molecule has 8 rings (SSSR count). The molecule has 0 fully saturated rings. The van der Waals surface area contributed by atoms with Crippen molar-refractivity contribution in [2.45, 2.75) is 97.0 Å². The molecule has 0 aromatic heterocycles. The third-order valence-electron chi connectivity index (χ3n) is 12.1. The molecule has 4 aliphatic rings. The number of rotatable bonds is 4. The molecular formula is C48H52Cl2Zr. The summed E-state index contributed by atoms with van der Waals surface area (Å²) in [6, 6.07) is 26.6. The standard InChI is InChI=1S/C25H25.C12H19.C11H8.2ClH.Zr/c1-14-12-24(3,4)22-8-16-7-17-9-23-19(15(2)13-25(23,5)6)11-21(17)20(16)10-18(14)22;1-6-10-7-9(2)8-11(10)12(3,4)5;1-9-5-4-7-10-6-2-3-8-11(9)10;;;/h7-13H,1-6H3;8-9H,6H2,1-5H3;1-8H;2*1H;/q;;;;;+2/p-2. The molecule has 1 atom stereocenters. The van der Waals surface area contributed by atoms with Gasteiger partial charge in [-0.2, -0.15) is 0 Å². The molecule has 0 saturated heterocycles. The Hall–Kier alpha value is -2.57. The molecule has 0 spiro atoms. The first-order valence-corrected chi connectivity index (χ1v) is 22.6. The Balaban J connectivity index is 0.00000224. The average Bonchev–Trinajstić information content (AvgIpc) is 3.69. The van der Waals surface area contributed by atoms with Gasteiger partial charge >= 0.3 is 305 Å². The van der Waals surface area contributed by atoms with Crippen LogP contribution in [0.3, 0.4) is 0 Å². The number of hydrogen-bond donors (Lipinski definition) is 0. The van der Waals surface area contributed by atoms with Crippen molar-refractivity contribution in [2.75, 3.05) is 0 Å². The van der Waals surface area contributed by atoms with Crippen molar-refractivity contribution >= 4 is 25.6 Å². The Morgan fingerprint density at radius 2 is 1.25 bits per heavy atom. The van der Waals surface area contributed by atoms with Gasteiger partial charge in [0.15, 0.2) is 0 Å². The summed E-state index contributed by atoms with van der Waals surface area (Å²) in [7, 11) is 0. The first kappa shape index (κ1) is 38.2. The average molecular weight is 791 g/mol. The molecule has 0 heterocycles. The van der Waals surface area contributed by atoms with Gasteiger partial charge in [0.2, 0.25) is 0 Å². The van der Waals surface area contributed by atoms with Crippen LogP contribution in [0.5, 0.6) is 0 Å². The smallest absolute Gasteiger partial charge is 1.00 e. The van der Waals surface area contributed by atoms with Gasteiger partial charge in [0.05, 0.1) is 0 Å². The van der Waals surface area contributed by atoms with E-state index >= 15 is 0 Å². The minimum atomic E-state index is -2.77. The molecule has 3 heteroatoms. The summed E-state index contributed by atoms with van der Waals surface area (Å²) < 4.78 is 5.11. The van der Waals surface area contributed by atoms with Crippen LogP contribution in [0.2, 0.25) is 0 Å². The first-order chi connectivity index (χ1) is 23.1. The van der Waals surface area contributed by atoms with Crippen LogP contribution in [0, 0.1) is 11.3 Å². The van der Waals surface area contributed by atoms with Crippen LogP contribution in [-0.4, -0.2) is 3.71 Å². The van der Waals surface area contributed by atoms with E-state index in [0.717, 1.165) is 6.42 Å². The van der Waals surface area contributed by atoms with Crippen LogP contribution in [0.25, 0.3) is 33.0 Å². The van der Waals surface area contributed by atoms with Crippen molar-refractivity contribution in [3.63, 3.8) is 0 Å². The number of allylic oxidation sites excluding steroid dienone is 8. The van der Waals surface area contributed by atoms with Gasteiger partial charge in [0.1, 0.15) is 0 Å². The van der Waals surface area contributed by atoms with Gasteiger partial charge < -0.3 is 24.8 Å². The first-order valence-electron chi connectivity index (χ1n) is 18.5. The Kier molecular flexibility index (Phi) is 9.79. The third kappa shape index (κ3) is 5.94. The molecule has 4 aliphatic carbocycles. The minimum absolute atomic E-state index is 0. The van der Waals surface area contributed by atoms with Crippen molar-refractivity contribution in [3.05, 3.63) is 138 Å². The number of halogens is 2. The fraction of sp³-hybridized carbons (Fsp3) is 0.354. The van der Waals surface area contributed by atoms with Gasteiger partial charge in [-0.05, 0) is 0 Å². The largest absolute Gasteiger partial charge is 1.00 e. The SMILES string of the molecule is CCC1=[C](/[Zr+2](=[CH]\c2cccc3ccccc23)[CH]2c3cc4c(cc3-c3cc5c(cc32)C(C)(C)C=C5C)C(C)=CC4(C)C)C(C)C=C1C(C)(C)C.[Cl-].[Cl-]. The van der Waals surface area contributed by atoms with Gasteiger partial charge in [0, 0.05) is 0 Å². The molecule has 51 heavy (non-hydrogen) atoms. The summed E-state index contributed by atoms with van der Waals surface area (Å²) in [5.41, 5.74) is 19.8. The van der Waals surface area contributed by atoms with E-state index in [0.29, 0.717) is 9.54 Å². The fourth-order valence-electron chi connectivity index (χ4n) is 10.0. The number of benzene rings is 4. The van der Waals surface area contributed by atoms with E-state index in [9.17, 15) is 0 Å². The molecule has 4 aromatic carbocycles. The summed E-state index contributed by atoms with van der Waals surface area (Å²) in [6.45, 7) is 26.5. The second-order valence-corrected chi connectivity index (χ2v) is 23.2. The van der Waals surface area contributed by atoms with E-state index in [1.807, 2.05) is 3.28 Å². The van der Waals surface area contributed by atoms with Crippen molar-refractivity contribution < 1.29 is 46.1 Å². The predicted molar refractivity (Wildman–Crippen MR) is 210 cm³/mol. The minimum Gasteiger partial charge on any atom is -1.00 e. The van der Waals surface area contributed by atoms with E-state index in [-0.39, 0.29) is 41.1 Å². The third-order valence-corrected chi connectivity index (χ3v) is 20.1. The maximum atomic E-state index is 2.87. The summed E-state index contributed by atoms with van der Waals surface area (Å²) in [6.07, 6.45) is 8.75.